The fourth-order valence-electron chi connectivity index (χ4n) is 1.93. The first-order valence-electron chi connectivity index (χ1n) is 6.91. The summed E-state index contributed by atoms with van der Waals surface area (Å²) in [5, 5.41) is 9.62. The van der Waals surface area contributed by atoms with Crippen LogP contribution in [-0.4, -0.2) is 17.4 Å². The average Bonchev–Trinajstić information content (AvgIpc) is 3.05. The molecule has 0 saturated heterocycles. The number of nitriles is 1. The van der Waals surface area contributed by atoms with Gasteiger partial charge in [0, 0.05) is 12.6 Å². The van der Waals surface area contributed by atoms with Crippen LogP contribution < -0.4 is 0 Å². The van der Waals surface area contributed by atoms with Gasteiger partial charge in [-0.1, -0.05) is 29.3 Å². The number of rotatable bonds is 6. The van der Waals surface area contributed by atoms with Crippen molar-refractivity contribution in [3.63, 3.8) is 0 Å². The van der Waals surface area contributed by atoms with E-state index in [1.807, 2.05) is 6.07 Å². The Labute approximate surface area is 144 Å². The lowest BCUT2D eigenvalue weighted by Gasteiger charge is -2.18. The molecule has 2 rings (SSSR count). The summed E-state index contributed by atoms with van der Waals surface area (Å²) in [6, 6.07) is 10.7. The largest absolute Gasteiger partial charge is 0.467 e. The van der Waals surface area contributed by atoms with Crippen LogP contribution in [0.1, 0.15) is 17.7 Å². The first-order valence-corrected chi connectivity index (χ1v) is 7.67. The van der Waals surface area contributed by atoms with Crippen LogP contribution >= 0.6 is 23.2 Å². The summed E-state index contributed by atoms with van der Waals surface area (Å²) < 4.78 is 5.25. The molecule has 0 fully saturated rings. The van der Waals surface area contributed by atoms with Crippen LogP contribution in [0.4, 0.5) is 0 Å². The minimum absolute atomic E-state index is 0.206. The van der Waals surface area contributed by atoms with E-state index >= 15 is 0 Å². The lowest BCUT2D eigenvalue weighted by molar-refractivity contribution is -0.126. The predicted molar refractivity (Wildman–Crippen MR) is 89.9 cm³/mol. The molecule has 1 heterocycles. The van der Waals surface area contributed by atoms with Gasteiger partial charge in [0.15, 0.2) is 0 Å². The van der Waals surface area contributed by atoms with Gasteiger partial charge in [-0.2, -0.15) is 5.26 Å². The molecule has 0 bridgehead atoms. The zero-order chi connectivity index (χ0) is 16.7. The fraction of sp³-hybridized carbons (Fsp3) is 0.176. The van der Waals surface area contributed by atoms with E-state index < -0.39 is 0 Å². The van der Waals surface area contributed by atoms with E-state index in [1.165, 1.54) is 6.08 Å². The molecular formula is C17H14Cl2N2O2. The zero-order valence-corrected chi connectivity index (χ0v) is 13.7. The van der Waals surface area contributed by atoms with Crippen LogP contribution in [-0.2, 0) is 11.3 Å². The first kappa shape index (κ1) is 17.1. The van der Waals surface area contributed by atoms with E-state index in [0.29, 0.717) is 28.9 Å². The van der Waals surface area contributed by atoms with Gasteiger partial charge in [-0.3, -0.25) is 4.79 Å². The molecule has 0 N–H and O–H groups in total. The number of halogens is 2. The molecular weight excluding hydrogens is 335 g/mol. The van der Waals surface area contributed by atoms with Gasteiger partial charge in [-0.25, -0.2) is 0 Å². The summed E-state index contributed by atoms with van der Waals surface area (Å²) >= 11 is 11.8. The first-order chi connectivity index (χ1) is 11.1. The fourth-order valence-corrected chi connectivity index (χ4v) is 2.24. The highest BCUT2D eigenvalue weighted by atomic mass is 35.5. The maximum absolute atomic E-state index is 12.3. The van der Waals surface area contributed by atoms with E-state index in [9.17, 15) is 4.79 Å². The highest BCUT2D eigenvalue weighted by Gasteiger charge is 2.12. The molecule has 23 heavy (non-hydrogen) atoms. The second-order valence-corrected chi connectivity index (χ2v) is 5.57. The van der Waals surface area contributed by atoms with Crippen molar-refractivity contribution in [1.29, 1.82) is 5.26 Å². The topological polar surface area (TPSA) is 57.2 Å². The quantitative estimate of drug-likeness (QED) is 0.720. The van der Waals surface area contributed by atoms with E-state index in [1.54, 1.807) is 47.6 Å². The molecule has 1 aromatic heterocycles. The van der Waals surface area contributed by atoms with Gasteiger partial charge in [0.1, 0.15) is 5.76 Å². The van der Waals surface area contributed by atoms with Crippen molar-refractivity contribution in [3.05, 3.63) is 64.0 Å². The molecule has 6 heteroatoms. The van der Waals surface area contributed by atoms with Gasteiger partial charge in [0.05, 0.1) is 35.3 Å². The Balaban J connectivity index is 2.08. The molecule has 1 aromatic carbocycles. The Kier molecular flexibility index (Phi) is 6.28. The molecule has 0 radical (unpaired) electrons. The van der Waals surface area contributed by atoms with Crippen molar-refractivity contribution in [3.8, 4) is 6.07 Å². The molecule has 4 nitrogen and oxygen atoms in total. The molecule has 0 aliphatic rings. The van der Waals surface area contributed by atoms with Crippen LogP contribution in [0.15, 0.2) is 47.1 Å². The second-order valence-electron chi connectivity index (χ2n) is 4.75. The van der Waals surface area contributed by atoms with Crippen molar-refractivity contribution in [2.75, 3.05) is 6.54 Å². The van der Waals surface area contributed by atoms with Crippen LogP contribution in [0.2, 0.25) is 10.0 Å². The number of hydrogen-bond acceptors (Lipinski definition) is 3. The van der Waals surface area contributed by atoms with Crippen LogP contribution in [0.3, 0.4) is 0 Å². The van der Waals surface area contributed by atoms with Gasteiger partial charge in [0.25, 0.3) is 0 Å². The van der Waals surface area contributed by atoms with Crippen molar-refractivity contribution >= 4 is 35.2 Å². The zero-order valence-electron chi connectivity index (χ0n) is 12.2. The number of carbonyl (C=O) groups excluding carboxylic acids is 1. The summed E-state index contributed by atoms with van der Waals surface area (Å²) in [6.45, 7) is 0.654. The lowest BCUT2D eigenvalue weighted by Crippen LogP contribution is -2.29. The number of nitrogens with zero attached hydrogens (tertiary/aromatic N) is 2. The predicted octanol–water partition coefficient (Wildman–Crippen LogP) is 4.54. The molecule has 0 aliphatic carbocycles. The smallest absolute Gasteiger partial charge is 0.247 e. The summed E-state index contributed by atoms with van der Waals surface area (Å²) in [6.07, 6.45) is 4.91. The Hall–Kier alpha value is -2.22. The highest BCUT2D eigenvalue weighted by molar-refractivity contribution is 6.42. The monoisotopic (exact) mass is 348 g/mol. The lowest BCUT2D eigenvalue weighted by atomic mass is 10.2. The van der Waals surface area contributed by atoms with Crippen molar-refractivity contribution in [2.45, 2.75) is 13.0 Å². The van der Waals surface area contributed by atoms with Gasteiger partial charge in [-0.15, -0.1) is 0 Å². The number of hydrogen-bond donors (Lipinski definition) is 0. The van der Waals surface area contributed by atoms with Crippen molar-refractivity contribution in [2.24, 2.45) is 0 Å². The van der Waals surface area contributed by atoms with Gasteiger partial charge in [0.2, 0.25) is 5.91 Å². The van der Waals surface area contributed by atoms with Crippen LogP contribution in [0.25, 0.3) is 6.08 Å². The molecule has 0 aliphatic heterocycles. The molecule has 0 unspecified atom stereocenters. The number of furan rings is 1. The molecule has 0 spiro atoms. The normalized spacial score (nSPS) is 10.7. The van der Waals surface area contributed by atoms with E-state index in [4.69, 9.17) is 32.9 Å². The van der Waals surface area contributed by atoms with E-state index in [0.717, 1.165) is 5.56 Å². The number of amides is 1. The van der Waals surface area contributed by atoms with Crippen LogP contribution in [0, 0.1) is 11.3 Å². The van der Waals surface area contributed by atoms with Gasteiger partial charge >= 0.3 is 0 Å². The summed E-state index contributed by atoms with van der Waals surface area (Å²) in [5.41, 5.74) is 0.769. The Bertz CT molecular complexity index is 734. The number of benzene rings is 1. The standard InChI is InChI=1S/C17H14Cl2N2O2/c18-15-6-4-13(11-16(15)19)5-7-17(22)21(9-2-8-20)12-14-3-1-10-23-14/h1,3-7,10-11H,2,9,12H2/b7-5+. The SMILES string of the molecule is N#CCCN(Cc1ccco1)C(=O)/C=C/c1ccc(Cl)c(Cl)c1. The molecule has 2 aromatic rings. The van der Waals surface area contributed by atoms with Crippen LogP contribution in [0.5, 0.6) is 0 Å². The maximum atomic E-state index is 12.3. The third-order valence-corrected chi connectivity index (χ3v) is 3.83. The minimum Gasteiger partial charge on any atom is -0.467 e. The van der Waals surface area contributed by atoms with Gasteiger partial charge < -0.3 is 9.32 Å². The molecule has 0 saturated carbocycles. The van der Waals surface area contributed by atoms with Gasteiger partial charge in [-0.05, 0) is 35.9 Å². The Morgan fingerprint density at radius 2 is 2.13 bits per heavy atom. The minimum atomic E-state index is -0.206. The van der Waals surface area contributed by atoms with E-state index in [-0.39, 0.29) is 12.3 Å². The summed E-state index contributed by atoms with van der Waals surface area (Å²) in [7, 11) is 0. The molecule has 118 valence electrons. The Morgan fingerprint density at radius 1 is 1.30 bits per heavy atom. The molecule has 0 atom stereocenters. The number of carbonyl (C=O) groups is 1. The van der Waals surface area contributed by atoms with Crippen molar-refractivity contribution in [1.82, 2.24) is 4.90 Å². The third-order valence-electron chi connectivity index (χ3n) is 3.09. The third kappa shape index (κ3) is 5.17. The Morgan fingerprint density at radius 3 is 2.78 bits per heavy atom. The average molecular weight is 349 g/mol. The summed E-state index contributed by atoms with van der Waals surface area (Å²) in [4.78, 5) is 13.9. The maximum Gasteiger partial charge on any atom is 0.247 e. The van der Waals surface area contributed by atoms with Crippen molar-refractivity contribution < 1.29 is 9.21 Å². The van der Waals surface area contributed by atoms with E-state index in [2.05, 4.69) is 0 Å². The molecule has 1 amide bonds. The summed E-state index contributed by atoms with van der Waals surface area (Å²) in [5.74, 6) is 0.460. The second kappa shape index (κ2) is 8.42. The highest BCUT2D eigenvalue weighted by Crippen LogP contribution is 2.23.